The number of nitrogens with zero attached hydrogens (tertiary/aromatic N) is 2. The molecule has 2 heterocycles. The fraction of sp³-hybridized carbons (Fsp3) is 0.190. The van der Waals surface area contributed by atoms with Gasteiger partial charge in [0, 0.05) is 35.3 Å². The second kappa shape index (κ2) is 8.12. The summed E-state index contributed by atoms with van der Waals surface area (Å²) in [7, 11) is 0. The third-order valence-corrected chi connectivity index (χ3v) is 5.77. The highest BCUT2D eigenvalue weighted by molar-refractivity contribution is 7.13. The lowest BCUT2D eigenvalue weighted by Crippen LogP contribution is -2.23. The standard InChI is InChI=1S/C21H18ClN3O2S/c22-18-8-2-1-7-17(18)21-24-15(13-28-21)12-19(26)23-14-5-3-6-16(11-14)25-10-4-9-20(25)27/h1-3,5-8,11,13H,4,9-10,12H2,(H,23,26). The van der Waals surface area contributed by atoms with Crippen molar-refractivity contribution in [2.45, 2.75) is 19.3 Å². The van der Waals surface area contributed by atoms with Crippen LogP contribution in [-0.4, -0.2) is 23.3 Å². The van der Waals surface area contributed by atoms with E-state index in [1.54, 1.807) is 4.90 Å². The van der Waals surface area contributed by atoms with E-state index in [9.17, 15) is 9.59 Å². The van der Waals surface area contributed by atoms with Gasteiger partial charge in [-0.15, -0.1) is 11.3 Å². The Kier molecular flexibility index (Phi) is 5.41. The molecule has 1 fully saturated rings. The summed E-state index contributed by atoms with van der Waals surface area (Å²) in [6.45, 7) is 0.722. The maximum Gasteiger partial charge on any atom is 0.230 e. The minimum absolute atomic E-state index is 0.123. The average Bonchev–Trinajstić information content (AvgIpc) is 3.31. The van der Waals surface area contributed by atoms with Crippen LogP contribution < -0.4 is 10.2 Å². The molecule has 0 unspecified atom stereocenters. The minimum Gasteiger partial charge on any atom is -0.326 e. The van der Waals surface area contributed by atoms with Crippen LogP contribution in [0.3, 0.4) is 0 Å². The monoisotopic (exact) mass is 411 g/mol. The fourth-order valence-electron chi connectivity index (χ4n) is 3.19. The van der Waals surface area contributed by atoms with E-state index in [0.717, 1.165) is 29.2 Å². The molecule has 1 N–H and O–H groups in total. The fourth-order valence-corrected chi connectivity index (χ4v) is 4.33. The van der Waals surface area contributed by atoms with Gasteiger partial charge in [0.2, 0.25) is 11.8 Å². The van der Waals surface area contributed by atoms with E-state index in [1.807, 2.05) is 53.9 Å². The first-order valence-electron chi connectivity index (χ1n) is 9.00. The van der Waals surface area contributed by atoms with Crippen molar-refractivity contribution in [1.82, 2.24) is 4.98 Å². The number of halogens is 1. The molecule has 1 aromatic heterocycles. The molecule has 1 aliphatic rings. The maximum atomic E-state index is 12.4. The van der Waals surface area contributed by atoms with Crippen LogP contribution in [0.1, 0.15) is 18.5 Å². The number of amides is 2. The van der Waals surface area contributed by atoms with Gasteiger partial charge >= 0.3 is 0 Å². The van der Waals surface area contributed by atoms with Crippen LogP contribution in [0, 0.1) is 0 Å². The third kappa shape index (κ3) is 4.08. The van der Waals surface area contributed by atoms with Gasteiger partial charge in [-0.2, -0.15) is 0 Å². The molecule has 28 heavy (non-hydrogen) atoms. The summed E-state index contributed by atoms with van der Waals surface area (Å²) >= 11 is 7.68. The number of hydrogen-bond donors (Lipinski definition) is 1. The van der Waals surface area contributed by atoms with Crippen LogP contribution in [0.15, 0.2) is 53.9 Å². The summed E-state index contributed by atoms with van der Waals surface area (Å²) in [5.41, 5.74) is 3.05. The molecule has 5 nitrogen and oxygen atoms in total. The summed E-state index contributed by atoms with van der Waals surface area (Å²) in [6, 6.07) is 14.9. The Morgan fingerprint density at radius 2 is 2.07 bits per heavy atom. The molecule has 0 bridgehead atoms. The largest absolute Gasteiger partial charge is 0.326 e. The Morgan fingerprint density at radius 1 is 1.21 bits per heavy atom. The van der Waals surface area contributed by atoms with Crippen LogP contribution in [0.2, 0.25) is 5.02 Å². The van der Waals surface area contributed by atoms with Crippen molar-refractivity contribution < 1.29 is 9.59 Å². The number of aromatic nitrogens is 1. The van der Waals surface area contributed by atoms with Gasteiger partial charge < -0.3 is 10.2 Å². The summed E-state index contributed by atoms with van der Waals surface area (Å²) in [5, 5.41) is 6.20. The van der Waals surface area contributed by atoms with Crippen LogP contribution >= 0.6 is 22.9 Å². The highest BCUT2D eigenvalue weighted by atomic mass is 35.5. The lowest BCUT2D eigenvalue weighted by Gasteiger charge is -2.16. The van der Waals surface area contributed by atoms with Gasteiger partial charge in [0.1, 0.15) is 5.01 Å². The van der Waals surface area contributed by atoms with Crippen molar-refractivity contribution in [3.8, 4) is 10.6 Å². The van der Waals surface area contributed by atoms with Gasteiger partial charge in [-0.25, -0.2) is 4.98 Å². The van der Waals surface area contributed by atoms with Crippen molar-refractivity contribution in [1.29, 1.82) is 0 Å². The molecule has 0 radical (unpaired) electrons. The van der Waals surface area contributed by atoms with Crippen LogP contribution in [0.4, 0.5) is 11.4 Å². The SMILES string of the molecule is O=C(Cc1csc(-c2ccccc2Cl)n1)Nc1cccc(N2CCCC2=O)c1. The summed E-state index contributed by atoms with van der Waals surface area (Å²) in [5.74, 6) is -0.0287. The Labute approximate surface area is 172 Å². The second-order valence-electron chi connectivity index (χ2n) is 6.55. The summed E-state index contributed by atoms with van der Waals surface area (Å²) in [4.78, 5) is 30.6. The van der Waals surface area contributed by atoms with Crippen molar-refractivity contribution in [2.75, 3.05) is 16.8 Å². The second-order valence-corrected chi connectivity index (χ2v) is 7.81. The van der Waals surface area contributed by atoms with Crippen LogP contribution in [0.5, 0.6) is 0 Å². The zero-order chi connectivity index (χ0) is 19.5. The predicted molar refractivity (Wildman–Crippen MR) is 113 cm³/mol. The highest BCUT2D eigenvalue weighted by Gasteiger charge is 2.21. The lowest BCUT2D eigenvalue weighted by atomic mass is 10.2. The van der Waals surface area contributed by atoms with Gasteiger partial charge in [0.25, 0.3) is 0 Å². The number of anilines is 2. The number of nitrogens with one attached hydrogen (secondary N) is 1. The first-order chi connectivity index (χ1) is 13.6. The molecule has 4 rings (SSSR count). The van der Waals surface area contributed by atoms with E-state index in [1.165, 1.54) is 11.3 Å². The van der Waals surface area contributed by atoms with E-state index in [2.05, 4.69) is 10.3 Å². The molecular formula is C21H18ClN3O2S. The molecule has 7 heteroatoms. The number of benzene rings is 2. The van der Waals surface area contributed by atoms with E-state index in [0.29, 0.717) is 22.8 Å². The smallest absolute Gasteiger partial charge is 0.230 e. The summed E-state index contributed by atoms with van der Waals surface area (Å²) in [6.07, 6.45) is 1.62. The van der Waals surface area contributed by atoms with Crippen molar-refractivity contribution in [2.24, 2.45) is 0 Å². The molecule has 1 saturated heterocycles. The van der Waals surface area contributed by atoms with Crippen LogP contribution in [-0.2, 0) is 16.0 Å². The Bertz CT molecular complexity index is 1030. The normalized spacial score (nSPS) is 13.8. The van der Waals surface area contributed by atoms with Crippen molar-refractivity contribution in [3.63, 3.8) is 0 Å². The Hall–Kier alpha value is -2.70. The molecule has 0 saturated carbocycles. The van der Waals surface area contributed by atoms with E-state index < -0.39 is 0 Å². The van der Waals surface area contributed by atoms with Gasteiger partial charge in [-0.05, 0) is 30.7 Å². The molecule has 142 valence electrons. The number of carbonyl (C=O) groups is 2. The molecular weight excluding hydrogens is 394 g/mol. The number of carbonyl (C=O) groups excluding carboxylic acids is 2. The number of hydrogen-bond acceptors (Lipinski definition) is 4. The predicted octanol–water partition coefficient (Wildman–Crippen LogP) is 4.77. The van der Waals surface area contributed by atoms with E-state index in [4.69, 9.17) is 11.6 Å². The molecule has 0 spiro atoms. The van der Waals surface area contributed by atoms with E-state index >= 15 is 0 Å². The van der Waals surface area contributed by atoms with Gasteiger partial charge in [0.05, 0.1) is 17.1 Å². The minimum atomic E-state index is -0.152. The first kappa shape index (κ1) is 18.7. The highest BCUT2D eigenvalue weighted by Crippen LogP contribution is 2.30. The van der Waals surface area contributed by atoms with Gasteiger partial charge in [0.15, 0.2) is 0 Å². The first-order valence-corrected chi connectivity index (χ1v) is 10.3. The zero-order valence-corrected chi connectivity index (χ0v) is 16.6. The summed E-state index contributed by atoms with van der Waals surface area (Å²) < 4.78 is 0. The number of thiazole rings is 1. The maximum absolute atomic E-state index is 12.4. The lowest BCUT2D eigenvalue weighted by molar-refractivity contribution is -0.117. The molecule has 0 aliphatic carbocycles. The zero-order valence-electron chi connectivity index (χ0n) is 15.0. The molecule has 2 amide bonds. The van der Waals surface area contributed by atoms with Gasteiger partial charge in [-0.3, -0.25) is 9.59 Å². The van der Waals surface area contributed by atoms with Crippen molar-refractivity contribution >= 4 is 46.1 Å². The molecule has 1 aliphatic heterocycles. The van der Waals surface area contributed by atoms with E-state index in [-0.39, 0.29) is 18.2 Å². The van der Waals surface area contributed by atoms with Crippen molar-refractivity contribution in [3.05, 3.63) is 64.6 Å². The third-order valence-electron chi connectivity index (χ3n) is 4.51. The number of rotatable bonds is 5. The quantitative estimate of drug-likeness (QED) is 0.657. The molecule has 3 aromatic rings. The Morgan fingerprint density at radius 3 is 2.86 bits per heavy atom. The van der Waals surface area contributed by atoms with Crippen LogP contribution in [0.25, 0.3) is 10.6 Å². The topological polar surface area (TPSA) is 62.3 Å². The average molecular weight is 412 g/mol. The molecule has 0 atom stereocenters. The van der Waals surface area contributed by atoms with Gasteiger partial charge in [-0.1, -0.05) is 35.9 Å². The molecule has 2 aromatic carbocycles. The Balaban J connectivity index is 1.43.